The van der Waals surface area contributed by atoms with Gasteiger partial charge in [-0.05, 0) is 19.1 Å². The quantitative estimate of drug-likeness (QED) is 0.801. The first kappa shape index (κ1) is 11.4. The topological polar surface area (TPSA) is 49.8 Å². The van der Waals surface area contributed by atoms with E-state index in [0.717, 1.165) is 4.88 Å². The Kier molecular flexibility index (Phi) is 4.91. The van der Waals surface area contributed by atoms with Crippen molar-refractivity contribution in [2.45, 2.75) is 19.4 Å². The largest absolute Gasteiger partial charge is 0.322 e. The van der Waals surface area contributed by atoms with Gasteiger partial charge in [0.15, 0.2) is 0 Å². The predicted octanol–water partition coefficient (Wildman–Crippen LogP) is 2.39. The number of nitrogens with zero attached hydrogens (tertiary/aromatic N) is 1. The molecule has 1 heterocycles. The summed E-state index contributed by atoms with van der Waals surface area (Å²) >= 11 is 1.66. The van der Waals surface area contributed by atoms with Gasteiger partial charge in [-0.3, -0.25) is 0 Å². The average Bonchev–Trinajstić information content (AvgIpc) is 2.36. The molecule has 0 saturated carbocycles. The van der Waals surface area contributed by atoms with Crippen LogP contribution in [0.25, 0.3) is 0 Å². The molecule has 0 aromatic carbocycles. The molecule has 0 aliphatic rings. The van der Waals surface area contributed by atoms with Crippen molar-refractivity contribution in [1.29, 1.82) is 5.26 Å². The molecule has 1 rings (SSSR count). The van der Waals surface area contributed by atoms with Crippen LogP contribution in [0, 0.1) is 18.3 Å². The summed E-state index contributed by atoms with van der Waals surface area (Å²) in [6.07, 6.45) is 0.403. The Morgan fingerprint density at radius 1 is 1.67 bits per heavy atom. The number of thiophene rings is 1. The molecule has 2 N–H and O–H groups in total. The maximum atomic E-state index is 8.38. The standard InChI is InChI=1S/C8H10N2S.ClH/c1-6-2-3-8(11-6)7(10)4-5-9;/h2-3,7H,4,10H2,1H3;1H/t7-;/m1./s1. The van der Waals surface area contributed by atoms with Crippen LogP contribution in [0.4, 0.5) is 0 Å². The van der Waals surface area contributed by atoms with E-state index in [9.17, 15) is 0 Å². The number of nitrogens with two attached hydrogens (primary N) is 1. The fraction of sp³-hybridized carbons (Fsp3) is 0.375. The van der Waals surface area contributed by atoms with Gasteiger partial charge in [-0.15, -0.1) is 23.7 Å². The van der Waals surface area contributed by atoms with E-state index < -0.39 is 0 Å². The average molecular weight is 203 g/mol. The monoisotopic (exact) mass is 202 g/mol. The van der Waals surface area contributed by atoms with Gasteiger partial charge in [0.25, 0.3) is 0 Å². The third-order valence-electron chi connectivity index (χ3n) is 1.44. The van der Waals surface area contributed by atoms with E-state index in [-0.39, 0.29) is 18.4 Å². The zero-order valence-corrected chi connectivity index (χ0v) is 8.41. The van der Waals surface area contributed by atoms with Crippen LogP contribution >= 0.6 is 23.7 Å². The molecule has 0 saturated heterocycles. The van der Waals surface area contributed by atoms with E-state index in [2.05, 4.69) is 6.07 Å². The summed E-state index contributed by atoms with van der Waals surface area (Å²) in [7, 11) is 0. The summed E-state index contributed by atoms with van der Waals surface area (Å²) in [4.78, 5) is 2.34. The fourth-order valence-corrected chi connectivity index (χ4v) is 1.73. The summed E-state index contributed by atoms with van der Waals surface area (Å²) in [6.45, 7) is 2.03. The van der Waals surface area contributed by atoms with Crippen molar-refractivity contribution in [3.8, 4) is 6.07 Å². The van der Waals surface area contributed by atoms with Crippen LogP contribution in [0.2, 0.25) is 0 Å². The first-order valence-corrected chi connectivity index (χ1v) is 4.24. The van der Waals surface area contributed by atoms with E-state index in [1.54, 1.807) is 11.3 Å². The number of halogens is 1. The zero-order chi connectivity index (χ0) is 8.27. The van der Waals surface area contributed by atoms with Gasteiger partial charge in [0.05, 0.1) is 18.5 Å². The highest BCUT2D eigenvalue weighted by molar-refractivity contribution is 7.12. The molecular weight excluding hydrogens is 192 g/mol. The first-order valence-electron chi connectivity index (χ1n) is 3.43. The molecule has 0 radical (unpaired) electrons. The Hall–Kier alpha value is -0.560. The third kappa shape index (κ3) is 2.82. The Morgan fingerprint density at radius 3 is 2.75 bits per heavy atom. The van der Waals surface area contributed by atoms with Crippen LogP contribution in [0.1, 0.15) is 22.2 Å². The van der Waals surface area contributed by atoms with Gasteiger partial charge in [0.2, 0.25) is 0 Å². The molecule has 0 fully saturated rings. The second kappa shape index (κ2) is 5.15. The highest BCUT2D eigenvalue weighted by atomic mass is 35.5. The number of rotatable bonds is 2. The first-order chi connectivity index (χ1) is 5.24. The van der Waals surface area contributed by atoms with Gasteiger partial charge in [0, 0.05) is 9.75 Å². The molecule has 1 aromatic rings. The van der Waals surface area contributed by atoms with Crippen LogP contribution in [-0.2, 0) is 0 Å². The second-order valence-corrected chi connectivity index (χ2v) is 3.74. The Morgan fingerprint density at radius 2 is 2.33 bits per heavy atom. The summed E-state index contributed by atoms with van der Waals surface area (Å²) in [6, 6.07) is 5.97. The van der Waals surface area contributed by atoms with E-state index in [1.165, 1.54) is 4.88 Å². The number of aryl methyl sites for hydroxylation is 1. The summed E-state index contributed by atoms with van der Waals surface area (Å²) in [5.41, 5.74) is 5.71. The number of hydrogen-bond donors (Lipinski definition) is 1. The van der Waals surface area contributed by atoms with Gasteiger partial charge >= 0.3 is 0 Å². The predicted molar refractivity (Wildman–Crippen MR) is 53.5 cm³/mol. The molecule has 66 valence electrons. The molecule has 0 unspecified atom stereocenters. The molecule has 4 heteroatoms. The summed E-state index contributed by atoms with van der Waals surface area (Å²) in [5, 5.41) is 8.38. The highest BCUT2D eigenvalue weighted by Crippen LogP contribution is 2.22. The van der Waals surface area contributed by atoms with E-state index in [0.29, 0.717) is 6.42 Å². The molecule has 0 amide bonds. The maximum absolute atomic E-state index is 8.38. The lowest BCUT2D eigenvalue weighted by Gasteiger charge is -2.01. The number of hydrogen-bond acceptors (Lipinski definition) is 3. The zero-order valence-electron chi connectivity index (χ0n) is 6.78. The van der Waals surface area contributed by atoms with Crippen molar-refractivity contribution in [3.63, 3.8) is 0 Å². The van der Waals surface area contributed by atoms with Crippen LogP contribution in [0.15, 0.2) is 12.1 Å². The molecule has 1 atom stereocenters. The molecule has 0 bridgehead atoms. The smallest absolute Gasteiger partial charge is 0.0642 e. The van der Waals surface area contributed by atoms with Crippen molar-refractivity contribution in [1.82, 2.24) is 0 Å². The van der Waals surface area contributed by atoms with E-state index in [1.807, 2.05) is 19.1 Å². The molecule has 0 spiro atoms. The van der Waals surface area contributed by atoms with Gasteiger partial charge in [-0.25, -0.2) is 0 Å². The minimum Gasteiger partial charge on any atom is -0.322 e. The van der Waals surface area contributed by atoms with Crippen molar-refractivity contribution in [2.75, 3.05) is 0 Å². The lowest BCUT2D eigenvalue weighted by molar-refractivity contribution is 0.765. The third-order valence-corrected chi connectivity index (χ3v) is 2.57. The van der Waals surface area contributed by atoms with Crippen molar-refractivity contribution >= 4 is 23.7 Å². The lowest BCUT2D eigenvalue weighted by atomic mass is 10.2. The Labute approximate surface area is 82.4 Å². The van der Waals surface area contributed by atoms with Crippen LogP contribution in [0.5, 0.6) is 0 Å². The van der Waals surface area contributed by atoms with Gasteiger partial charge in [-0.1, -0.05) is 0 Å². The van der Waals surface area contributed by atoms with Crippen LogP contribution in [0.3, 0.4) is 0 Å². The fourth-order valence-electron chi connectivity index (χ4n) is 0.852. The Bertz CT molecular complexity index is 277. The molecule has 0 aliphatic heterocycles. The molecule has 2 nitrogen and oxygen atoms in total. The second-order valence-electron chi connectivity index (χ2n) is 2.42. The van der Waals surface area contributed by atoms with Crippen LogP contribution < -0.4 is 5.73 Å². The van der Waals surface area contributed by atoms with Gasteiger partial charge < -0.3 is 5.73 Å². The van der Waals surface area contributed by atoms with Crippen LogP contribution in [-0.4, -0.2) is 0 Å². The molecule has 1 aromatic heterocycles. The molecule has 0 aliphatic carbocycles. The maximum Gasteiger partial charge on any atom is 0.0642 e. The minimum absolute atomic E-state index is 0. The van der Waals surface area contributed by atoms with Crippen molar-refractivity contribution < 1.29 is 0 Å². The number of nitriles is 1. The summed E-state index contributed by atoms with van der Waals surface area (Å²) in [5.74, 6) is 0. The normalized spacial score (nSPS) is 11.4. The minimum atomic E-state index is -0.0984. The SMILES string of the molecule is Cc1ccc([C@H](N)CC#N)s1.Cl. The van der Waals surface area contributed by atoms with Crippen molar-refractivity contribution in [2.24, 2.45) is 5.73 Å². The van der Waals surface area contributed by atoms with E-state index >= 15 is 0 Å². The highest BCUT2D eigenvalue weighted by Gasteiger charge is 2.06. The lowest BCUT2D eigenvalue weighted by Crippen LogP contribution is -2.06. The van der Waals surface area contributed by atoms with Gasteiger partial charge in [-0.2, -0.15) is 5.26 Å². The molecule has 12 heavy (non-hydrogen) atoms. The molecular formula is C8H11ClN2S. The summed E-state index contributed by atoms with van der Waals surface area (Å²) < 4.78 is 0. The van der Waals surface area contributed by atoms with E-state index in [4.69, 9.17) is 11.0 Å². The Balaban J connectivity index is 0.00000121. The van der Waals surface area contributed by atoms with Crippen molar-refractivity contribution in [3.05, 3.63) is 21.9 Å². The van der Waals surface area contributed by atoms with Gasteiger partial charge in [0.1, 0.15) is 0 Å².